The van der Waals surface area contributed by atoms with Gasteiger partial charge in [-0.3, -0.25) is 9.59 Å². The highest BCUT2D eigenvalue weighted by atomic mass is 16.2. The lowest BCUT2D eigenvalue weighted by Crippen LogP contribution is -2.39. The minimum atomic E-state index is -0.167. The SMILES string of the molecule is CC1CCN(C(=O)C2CC2C(=O)Nc2ccccc2C(C)(C)C)CC1. The zero-order valence-electron chi connectivity index (χ0n) is 15.8. The quantitative estimate of drug-likeness (QED) is 0.908. The molecule has 0 bridgehead atoms. The zero-order chi connectivity index (χ0) is 18.2. The summed E-state index contributed by atoms with van der Waals surface area (Å²) in [5, 5.41) is 3.06. The van der Waals surface area contributed by atoms with Crippen LogP contribution in [0.25, 0.3) is 0 Å². The first kappa shape index (κ1) is 18.0. The van der Waals surface area contributed by atoms with Gasteiger partial charge in [-0.05, 0) is 42.2 Å². The van der Waals surface area contributed by atoms with E-state index in [0.717, 1.165) is 37.2 Å². The lowest BCUT2D eigenvalue weighted by molar-refractivity contribution is -0.135. The van der Waals surface area contributed by atoms with Gasteiger partial charge >= 0.3 is 0 Å². The zero-order valence-corrected chi connectivity index (χ0v) is 15.8. The Hall–Kier alpha value is -1.84. The van der Waals surface area contributed by atoms with E-state index in [1.165, 1.54) is 0 Å². The molecule has 2 amide bonds. The summed E-state index contributed by atoms with van der Waals surface area (Å²) in [6.07, 6.45) is 2.84. The number of rotatable bonds is 3. The van der Waals surface area contributed by atoms with Crippen LogP contribution in [0.1, 0.15) is 52.5 Å². The van der Waals surface area contributed by atoms with Crippen molar-refractivity contribution < 1.29 is 9.59 Å². The number of anilines is 1. The fourth-order valence-corrected chi connectivity index (χ4v) is 3.69. The Kier molecular flexibility index (Phi) is 4.90. The molecule has 1 N–H and O–H groups in total. The standard InChI is InChI=1S/C21H30N2O2/c1-14-9-11-23(12-10-14)20(25)16-13-15(16)19(24)22-18-8-6-5-7-17(18)21(2,3)4/h5-8,14-16H,9-13H2,1-4H3,(H,22,24). The molecule has 1 aliphatic heterocycles. The van der Waals surface area contributed by atoms with Gasteiger partial charge in [-0.2, -0.15) is 0 Å². The molecule has 4 nitrogen and oxygen atoms in total. The van der Waals surface area contributed by atoms with Gasteiger partial charge in [0.25, 0.3) is 0 Å². The second kappa shape index (κ2) is 6.81. The predicted molar refractivity (Wildman–Crippen MR) is 100 cm³/mol. The van der Waals surface area contributed by atoms with Crippen molar-refractivity contribution in [1.82, 2.24) is 4.90 Å². The van der Waals surface area contributed by atoms with Crippen LogP contribution in [0.4, 0.5) is 5.69 Å². The summed E-state index contributed by atoms with van der Waals surface area (Å²) in [6.45, 7) is 10.3. The first-order valence-corrected chi connectivity index (χ1v) is 9.46. The Labute approximate surface area is 151 Å². The molecular weight excluding hydrogens is 312 g/mol. The summed E-state index contributed by atoms with van der Waals surface area (Å²) in [5.41, 5.74) is 1.95. The molecule has 1 aromatic rings. The maximum absolute atomic E-state index is 12.6. The Morgan fingerprint density at radius 3 is 2.36 bits per heavy atom. The fraction of sp³-hybridized carbons (Fsp3) is 0.619. The van der Waals surface area contributed by atoms with Crippen molar-refractivity contribution in [3.8, 4) is 0 Å². The summed E-state index contributed by atoms with van der Waals surface area (Å²) in [5.74, 6) is 0.586. The molecule has 25 heavy (non-hydrogen) atoms. The van der Waals surface area contributed by atoms with Crippen LogP contribution in [0, 0.1) is 17.8 Å². The van der Waals surface area contributed by atoms with Crippen LogP contribution in [0.2, 0.25) is 0 Å². The summed E-state index contributed by atoms with van der Waals surface area (Å²) >= 11 is 0. The summed E-state index contributed by atoms with van der Waals surface area (Å²) in [7, 11) is 0. The average Bonchev–Trinajstić information content (AvgIpc) is 3.35. The lowest BCUT2D eigenvalue weighted by Gasteiger charge is -2.30. The Bertz CT molecular complexity index is 654. The van der Waals surface area contributed by atoms with Crippen molar-refractivity contribution in [2.45, 2.75) is 52.4 Å². The molecule has 1 saturated carbocycles. The molecule has 1 aliphatic carbocycles. The van der Waals surface area contributed by atoms with E-state index in [1.54, 1.807) is 0 Å². The van der Waals surface area contributed by atoms with E-state index < -0.39 is 0 Å². The maximum Gasteiger partial charge on any atom is 0.228 e. The Balaban J connectivity index is 1.60. The molecular formula is C21H30N2O2. The molecule has 0 spiro atoms. The topological polar surface area (TPSA) is 49.4 Å². The summed E-state index contributed by atoms with van der Waals surface area (Å²) in [4.78, 5) is 27.2. The molecule has 2 aliphatic rings. The van der Waals surface area contributed by atoms with E-state index in [-0.39, 0.29) is 29.1 Å². The van der Waals surface area contributed by atoms with Crippen LogP contribution in [0.15, 0.2) is 24.3 Å². The number of nitrogens with one attached hydrogen (secondary N) is 1. The molecule has 1 aromatic carbocycles. The van der Waals surface area contributed by atoms with Crippen LogP contribution in [0.5, 0.6) is 0 Å². The van der Waals surface area contributed by atoms with Crippen molar-refractivity contribution in [3.05, 3.63) is 29.8 Å². The van der Waals surface area contributed by atoms with Crippen LogP contribution in [0.3, 0.4) is 0 Å². The van der Waals surface area contributed by atoms with Crippen molar-refractivity contribution in [3.63, 3.8) is 0 Å². The van der Waals surface area contributed by atoms with Gasteiger partial charge in [-0.25, -0.2) is 0 Å². The lowest BCUT2D eigenvalue weighted by atomic mass is 9.86. The fourth-order valence-electron chi connectivity index (χ4n) is 3.69. The highest BCUT2D eigenvalue weighted by Crippen LogP contribution is 2.42. The van der Waals surface area contributed by atoms with E-state index in [0.29, 0.717) is 12.3 Å². The van der Waals surface area contributed by atoms with Crippen molar-refractivity contribution in [2.24, 2.45) is 17.8 Å². The van der Waals surface area contributed by atoms with Gasteiger partial charge in [-0.15, -0.1) is 0 Å². The van der Waals surface area contributed by atoms with E-state index in [4.69, 9.17) is 0 Å². The number of carbonyl (C=O) groups is 2. The number of para-hydroxylation sites is 1. The molecule has 1 saturated heterocycles. The minimum Gasteiger partial charge on any atom is -0.342 e. The first-order chi connectivity index (χ1) is 11.8. The number of carbonyl (C=O) groups excluding carboxylic acids is 2. The smallest absolute Gasteiger partial charge is 0.228 e. The number of benzene rings is 1. The van der Waals surface area contributed by atoms with Gasteiger partial charge < -0.3 is 10.2 Å². The largest absolute Gasteiger partial charge is 0.342 e. The number of nitrogens with zero attached hydrogens (tertiary/aromatic N) is 1. The van der Waals surface area contributed by atoms with Crippen molar-refractivity contribution >= 4 is 17.5 Å². The summed E-state index contributed by atoms with van der Waals surface area (Å²) in [6, 6.07) is 7.94. The molecule has 3 rings (SSSR count). The van der Waals surface area contributed by atoms with Crippen LogP contribution < -0.4 is 5.32 Å². The average molecular weight is 342 g/mol. The van der Waals surface area contributed by atoms with Crippen molar-refractivity contribution in [2.75, 3.05) is 18.4 Å². The molecule has 4 heteroatoms. The predicted octanol–water partition coefficient (Wildman–Crippen LogP) is 3.82. The first-order valence-electron chi connectivity index (χ1n) is 9.46. The Morgan fingerprint density at radius 1 is 1.08 bits per heavy atom. The monoisotopic (exact) mass is 342 g/mol. The minimum absolute atomic E-state index is 0.0135. The van der Waals surface area contributed by atoms with Crippen LogP contribution in [-0.4, -0.2) is 29.8 Å². The van der Waals surface area contributed by atoms with E-state index in [2.05, 4.69) is 39.1 Å². The van der Waals surface area contributed by atoms with Crippen LogP contribution in [-0.2, 0) is 15.0 Å². The molecule has 2 atom stereocenters. The van der Waals surface area contributed by atoms with Gasteiger partial charge in [0.2, 0.25) is 11.8 Å². The van der Waals surface area contributed by atoms with E-state index in [1.807, 2.05) is 23.1 Å². The summed E-state index contributed by atoms with van der Waals surface area (Å²) < 4.78 is 0. The number of amides is 2. The van der Waals surface area contributed by atoms with Gasteiger partial charge in [0.15, 0.2) is 0 Å². The van der Waals surface area contributed by atoms with Gasteiger partial charge in [0.1, 0.15) is 0 Å². The molecule has 2 fully saturated rings. The maximum atomic E-state index is 12.6. The number of hydrogen-bond donors (Lipinski definition) is 1. The normalized spacial score (nSPS) is 24.1. The van der Waals surface area contributed by atoms with E-state index >= 15 is 0 Å². The number of hydrogen-bond acceptors (Lipinski definition) is 2. The van der Waals surface area contributed by atoms with Gasteiger partial charge in [0, 0.05) is 18.8 Å². The third-order valence-corrected chi connectivity index (χ3v) is 5.53. The molecule has 0 radical (unpaired) electrons. The second-order valence-corrected chi connectivity index (χ2v) is 8.74. The van der Waals surface area contributed by atoms with Gasteiger partial charge in [0.05, 0.1) is 11.8 Å². The molecule has 2 unspecified atom stereocenters. The molecule has 136 valence electrons. The van der Waals surface area contributed by atoms with E-state index in [9.17, 15) is 9.59 Å². The number of likely N-dealkylation sites (tertiary alicyclic amines) is 1. The molecule has 1 heterocycles. The molecule has 0 aromatic heterocycles. The number of piperidine rings is 1. The van der Waals surface area contributed by atoms with Crippen molar-refractivity contribution in [1.29, 1.82) is 0 Å². The highest BCUT2D eigenvalue weighted by Gasteiger charge is 2.49. The highest BCUT2D eigenvalue weighted by molar-refractivity contribution is 6.00. The third kappa shape index (κ3) is 4.05. The van der Waals surface area contributed by atoms with Crippen LogP contribution >= 0.6 is 0 Å². The Morgan fingerprint density at radius 2 is 1.72 bits per heavy atom. The van der Waals surface area contributed by atoms with Gasteiger partial charge in [-0.1, -0.05) is 45.9 Å². The second-order valence-electron chi connectivity index (χ2n) is 8.74. The third-order valence-electron chi connectivity index (χ3n) is 5.53.